The summed E-state index contributed by atoms with van der Waals surface area (Å²) in [7, 11) is 1.57. The molecule has 0 unspecified atom stereocenters. The number of hydrogen-bond acceptors (Lipinski definition) is 6. The molecule has 0 aliphatic carbocycles. The fourth-order valence-corrected chi connectivity index (χ4v) is 2.31. The summed E-state index contributed by atoms with van der Waals surface area (Å²) in [6, 6.07) is 4.90. The van der Waals surface area contributed by atoms with E-state index >= 15 is 0 Å². The molecule has 19 heavy (non-hydrogen) atoms. The first-order chi connectivity index (χ1) is 9.20. The third-order valence-electron chi connectivity index (χ3n) is 2.25. The number of aromatic nitrogens is 2. The summed E-state index contributed by atoms with van der Waals surface area (Å²) in [6.45, 7) is 0.363. The van der Waals surface area contributed by atoms with Crippen LogP contribution in [0.1, 0.15) is 21.8 Å². The molecular weight excluding hydrogens is 268 g/mol. The van der Waals surface area contributed by atoms with E-state index < -0.39 is 5.97 Å². The molecule has 0 fully saturated rings. The molecule has 0 radical (unpaired) electrons. The van der Waals surface area contributed by atoms with Gasteiger partial charge in [-0.1, -0.05) is 16.9 Å². The molecule has 0 aliphatic rings. The summed E-state index contributed by atoms with van der Waals surface area (Å²) >= 11 is 1.30. The smallest absolute Gasteiger partial charge is 0.338 e. The normalized spacial score (nSPS) is 10.6. The number of ether oxygens (including phenoxy) is 1. The molecule has 0 spiro atoms. The lowest BCUT2D eigenvalue weighted by molar-refractivity contribution is 0.0692. The van der Waals surface area contributed by atoms with E-state index in [9.17, 15) is 4.79 Å². The highest BCUT2D eigenvalue weighted by molar-refractivity contribution is 7.98. The van der Waals surface area contributed by atoms with E-state index in [1.807, 2.05) is 0 Å². The van der Waals surface area contributed by atoms with Crippen LogP contribution in [0.3, 0.4) is 0 Å². The van der Waals surface area contributed by atoms with Crippen molar-refractivity contribution >= 4 is 17.7 Å². The van der Waals surface area contributed by atoms with Crippen LogP contribution >= 0.6 is 11.8 Å². The van der Waals surface area contributed by atoms with Crippen LogP contribution in [0.4, 0.5) is 0 Å². The van der Waals surface area contributed by atoms with Crippen molar-refractivity contribution in [3.63, 3.8) is 0 Å². The van der Waals surface area contributed by atoms with Crippen molar-refractivity contribution in [1.82, 2.24) is 10.1 Å². The maximum atomic E-state index is 11.0. The van der Waals surface area contributed by atoms with Crippen molar-refractivity contribution in [2.45, 2.75) is 17.4 Å². The SMILES string of the molecule is COCc1cc(CSc2ncccc2C(=O)O)no1. The standard InChI is InChI=1S/C12H12N2O4S/c1-17-6-9-5-8(14-18-9)7-19-11-10(12(15)16)3-2-4-13-11/h2-5H,6-7H2,1H3,(H,15,16). The van der Waals surface area contributed by atoms with Crippen molar-refractivity contribution in [3.05, 3.63) is 41.4 Å². The van der Waals surface area contributed by atoms with Gasteiger partial charge in [-0.2, -0.15) is 0 Å². The van der Waals surface area contributed by atoms with Gasteiger partial charge in [-0.05, 0) is 12.1 Å². The highest BCUT2D eigenvalue weighted by atomic mass is 32.2. The van der Waals surface area contributed by atoms with Crippen LogP contribution in [-0.2, 0) is 17.1 Å². The van der Waals surface area contributed by atoms with Gasteiger partial charge in [0.25, 0.3) is 0 Å². The molecule has 7 heteroatoms. The number of pyridine rings is 1. The molecule has 0 atom stereocenters. The number of hydrogen-bond donors (Lipinski definition) is 1. The molecule has 100 valence electrons. The number of rotatable bonds is 6. The van der Waals surface area contributed by atoms with Crippen LogP contribution in [0.15, 0.2) is 33.9 Å². The van der Waals surface area contributed by atoms with Gasteiger partial charge in [0.2, 0.25) is 0 Å². The molecule has 0 saturated carbocycles. The van der Waals surface area contributed by atoms with Crippen LogP contribution < -0.4 is 0 Å². The maximum Gasteiger partial charge on any atom is 0.338 e. The van der Waals surface area contributed by atoms with E-state index in [4.69, 9.17) is 14.4 Å². The Morgan fingerprint density at radius 3 is 3.16 bits per heavy atom. The zero-order valence-corrected chi connectivity index (χ0v) is 11.0. The lowest BCUT2D eigenvalue weighted by Gasteiger charge is -2.02. The monoisotopic (exact) mass is 280 g/mol. The lowest BCUT2D eigenvalue weighted by atomic mass is 10.3. The Bertz CT molecular complexity index is 570. The van der Waals surface area contributed by atoms with Gasteiger partial charge in [0.05, 0.1) is 11.3 Å². The minimum absolute atomic E-state index is 0.188. The van der Waals surface area contributed by atoms with E-state index in [-0.39, 0.29) is 5.56 Å². The number of nitrogens with zero attached hydrogens (tertiary/aromatic N) is 2. The summed E-state index contributed by atoms with van der Waals surface area (Å²) in [5.74, 6) is 0.137. The van der Waals surface area contributed by atoms with Crippen LogP contribution in [0.5, 0.6) is 0 Å². The highest BCUT2D eigenvalue weighted by Crippen LogP contribution is 2.24. The number of methoxy groups -OCH3 is 1. The fraction of sp³-hybridized carbons (Fsp3) is 0.250. The molecule has 2 aromatic heterocycles. The maximum absolute atomic E-state index is 11.0. The van der Waals surface area contributed by atoms with Crippen LogP contribution in [0.2, 0.25) is 0 Å². The molecule has 6 nitrogen and oxygen atoms in total. The Morgan fingerprint density at radius 2 is 2.42 bits per heavy atom. The first-order valence-corrected chi connectivity index (χ1v) is 6.43. The zero-order valence-electron chi connectivity index (χ0n) is 10.2. The molecule has 2 rings (SSSR count). The third kappa shape index (κ3) is 3.55. The van der Waals surface area contributed by atoms with Crippen molar-refractivity contribution in [2.24, 2.45) is 0 Å². The highest BCUT2D eigenvalue weighted by Gasteiger charge is 2.12. The Morgan fingerprint density at radius 1 is 1.58 bits per heavy atom. The number of aromatic carboxylic acids is 1. The van der Waals surface area contributed by atoms with Crippen molar-refractivity contribution in [2.75, 3.05) is 7.11 Å². The second-order valence-electron chi connectivity index (χ2n) is 3.67. The van der Waals surface area contributed by atoms with Crippen molar-refractivity contribution in [1.29, 1.82) is 0 Å². The Hall–Kier alpha value is -1.86. The van der Waals surface area contributed by atoms with Crippen molar-refractivity contribution < 1.29 is 19.2 Å². The Balaban J connectivity index is 2.03. The molecular formula is C12H12N2O4S. The topological polar surface area (TPSA) is 85.5 Å². The van der Waals surface area contributed by atoms with Crippen molar-refractivity contribution in [3.8, 4) is 0 Å². The van der Waals surface area contributed by atoms with Crippen LogP contribution in [0, 0.1) is 0 Å². The second-order valence-corrected chi connectivity index (χ2v) is 4.63. The molecule has 0 aliphatic heterocycles. The molecule has 2 heterocycles. The number of carboxylic acid groups (broad SMARTS) is 1. The average molecular weight is 280 g/mol. The number of thioether (sulfide) groups is 1. The van der Waals surface area contributed by atoms with Crippen LogP contribution in [0.25, 0.3) is 0 Å². The van der Waals surface area contributed by atoms with Gasteiger partial charge in [-0.25, -0.2) is 9.78 Å². The van der Waals surface area contributed by atoms with E-state index in [1.54, 1.807) is 25.4 Å². The first kappa shape index (κ1) is 13.6. The molecule has 0 aromatic carbocycles. The molecule has 0 amide bonds. The Labute approximate surface area is 113 Å². The van der Waals surface area contributed by atoms with Gasteiger partial charge in [-0.3, -0.25) is 0 Å². The number of carbonyl (C=O) groups is 1. The summed E-state index contributed by atoms with van der Waals surface area (Å²) < 4.78 is 9.97. The predicted molar refractivity (Wildman–Crippen MR) is 68.0 cm³/mol. The largest absolute Gasteiger partial charge is 0.478 e. The van der Waals surface area contributed by atoms with E-state index in [0.717, 1.165) is 5.69 Å². The fourth-order valence-electron chi connectivity index (χ4n) is 1.44. The van der Waals surface area contributed by atoms with Gasteiger partial charge < -0.3 is 14.4 Å². The third-order valence-corrected chi connectivity index (χ3v) is 3.29. The molecule has 0 bridgehead atoms. The van der Waals surface area contributed by atoms with Gasteiger partial charge in [-0.15, -0.1) is 0 Å². The van der Waals surface area contributed by atoms with Gasteiger partial charge in [0.1, 0.15) is 11.6 Å². The van der Waals surface area contributed by atoms with E-state index in [0.29, 0.717) is 23.1 Å². The summed E-state index contributed by atoms with van der Waals surface area (Å²) in [4.78, 5) is 15.1. The predicted octanol–water partition coefficient (Wildman–Crippen LogP) is 2.21. The van der Waals surface area contributed by atoms with E-state index in [2.05, 4.69) is 10.1 Å². The second kappa shape index (κ2) is 6.35. The van der Waals surface area contributed by atoms with Gasteiger partial charge in [0, 0.05) is 25.1 Å². The minimum Gasteiger partial charge on any atom is -0.478 e. The summed E-state index contributed by atoms with van der Waals surface area (Å²) in [6.07, 6.45) is 1.56. The van der Waals surface area contributed by atoms with E-state index in [1.165, 1.54) is 17.8 Å². The average Bonchev–Trinajstić information content (AvgIpc) is 2.85. The molecule has 2 aromatic rings. The zero-order chi connectivity index (χ0) is 13.7. The molecule has 1 N–H and O–H groups in total. The summed E-state index contributed by atoms with van der Waals surface area (Å²) in [5.41, 5.74) is 0.909. The summed E-state index contributed by atoms with van der Waals surface area (Å²) in [5, 5.41) is 13.4. The first-order valence-electron chi connectivity index (χ1n) is 5.45. The number of carboxylic acids is 1. The van der Waals surface area contributed by atoms with Crippen LogP contribution in [-0.4, -0.2) is 28.3 Å². The van der Waals surface area contributed by atoms with Gasteiger partial charge >= 0.3 is 5.97 Å². The lowest BCUT2D eigenvalue weighted by Crippen LogP contribution is -2.00. The Kier molecular flexibility index (Phi) is 4.53. The minimum atomic E-state index is -0.990. The van der Waals surface area contributed by atoms with Gasteiger partial charge in [0.15, 0.2) is 5.76 Å². The quantitative estimate of drug-likeness (QED) is 0.812. The molecule has 0 saturated heterocycles.